The molecule has 62 heavy (non-hydrogen) atoms. The van der Waals surface area contributed by atoms with Crippen LogP contribution in [-0.2, 0) is 28.8 Å². The molecule has 16 atom stereocenters. The predicted octanol–water partition coefficient (Wildman–Crippen LogP) is 10.3. The van der Waals surface area contributed by atoms with Crippen molar-refractivity contribution < 1.29 is 56.5 Å². The zero-order valence-electron chi connectivity index (χ0n) is 36.2. The molecule has 338 valence electrons. The molecule has 0 aliphatic heterocycles. The van der Waals surface area contributed by atoms with Gasteiger partial charge in [-0.2, -0.15) is 0 Å². The van der Waals surface area contributed by atoms with Gasteiger partial charge in [0.25, 0.3) is 0 Å². The Balaban J connectivity index is 1.12. The van der Waals surface area contributed by atoms with Gasteiger partial charge < -0.3 is 10.2 Å². The highest BCUT2D eigenvalue weighted by atomic mass is 33.1. The molecule has 0 aromatic heterocycles. The number of hydrogen-bond acceptors (Lipinski definition) is 8. The lowest BCUT2D eigenvalue weighted by Gasteiger charge is -2.62. The third-order valence-electron chi connectivity index (χ3n) is 19.4. The van der Waals surface area contributed by atoms with Gasteiger partial charge in [-0.1, -0.05) is 39.8 Å². The molecule has 4 unspecified atom stereocenters. The van der Waals surface area contributed by atoms with Crippen LogP contribution in [0.3, 0.4) is 0 Å². The van der Waals surface area contributed by atoms with E-state index < -0.39 is 125 Å². The number of rotatable bonds is 8. The largest absolute Gasteiger partial charge is 0.481 e. The van der Waals surface area contributed by atoms with Crippen molar-refractivity contribution >= 4 is 55.3 Å². The average Bonchev–Trinajstić information content (AvgIpc) is 3.58. The number of hydrogen-bond donors (Lipinski definition) is 2. The van der Waals surface area contributed by atoms with Crippen LogP contribution in [-0.4, -0.2) is 67.6 Å². The van der Waals surface area contributed by atoms with Gasteiger partial charge in [-0.25, -0.2) is 17.6 Å². The molecule has 0 radical (unpaired) electrons. The van der Waals surface area contributed by atoms with Crippen molar-refractivity contribution in [1.82, 2.24) is 0 Å². The van der Waals surface area contributed by atoms with Crippen molar-refractivity contribution in [3.63, 3.8) is 0 Å². The molecule has 6 fully saturated rings. The van der Waals surface area contributed by atoms with Crippen LogP contribution in [0.25, 0.3) is 0 Å². The second-order valence-corrected chi connectivity index (χ2v) is 23.3. The fourth-order valence-corrected chi connectivity index (χ4v) is 18.9. The first-order valence-corrected chi connectivity index (χ1v) is 24.4. The number of allylic oxidation sites excluding steroid dienone is 8. The van der Waals surface area contributed by atoms with E-state index >= 15 is 27.2 Å². The molecular weight excluding hydrogens is 845 g/mol. The predicted molar refractivity (Wildman–Crippen MR) is 227 cm³/mol. The summed E-state index contributed by atoms with van der Waals surface area (Å²) >= 11 is 0. The molecule has 14 heteroatoms. The van der Waals surface area contributed by atoms with Gasteiger partial charge in [0.05, 0.1) is 0 Å². The molecule has 0 bridgehead atoms. The molecule has 8 aliphatic rings. The smallest absolute Gasteiger partial charge is 0.303 e. The maximum atomic E-state index is 17.9. The molecule has 0 aromatic rings. The van der Waals surface area contributed by atoms with E-state index in [1.165, 1.54) is 36.5 Å². The number of carboxylic acids is 2. The van der Waals surface area contributed by atoms with Crippen molar-refractivity contribution in [2.45, 2.75) is 142 Å². The van der Waals surface area contributed by atoms with E-state index in [1.807, 2.05) is 27.7 Å². The van der Waals surface area contributed by atoms with Gasteiger partial charge in [0.2, 0.25) is 10.2 Å². The highest BCUT2D eigenvalue weighted by molar-refractivity contribution is 8.87. The van der Waals surface area contributed by atoms with Crippen molar-refractivity contribution in [1.29, 1.82) is 0 Å². The average molecular weight is 903 g/mol. The zero-order valence-corrected chi connectivity index (χ0v) is 37.9. The van der Waals surface area contributed by atoms with Gasteiger partial charge in [-0.3, -0.25) is 28.8 Å². The van der Waals surface area contributed by atoms with Gasteiger partial charge in [0.1, 0.15) is 23.7 Å². The van der Waals surface area contributed by atoms with Crippen LogP contribution in [0, 0.1) is 68.0 Å². The van der Waals surface area contributed by atoms with Crippen LogP contribution in [0.5, 0.6) is 0 Å². The lowest BCUT2D eigenvalue weighted by Crippen LogP contribution is -2.63. The highest BCUT2D eigenvalue weighted by Gasteiger charge is 2.76. The normalized spacial score (nSPS) is 48.7. The first-order valence-electron chi connectivity index (χ1n) is 22.3. The first-order chi connectivity index (χ1) is 28.8. The van der Waals surface area contributed by atoms with E-state index in [4.69, 9.17) is 0 Å². The Morgan fingerprint density at radius 1 is 0.613 bits per heavy atom. The summed E-state index contributed by atoms with van der Waals surface area (Å²) in [5.74, 6) is -6.74. The Morgan fingerprint density at radius 2 is 0.968 bits per heavy atom. The minimum absolute atomic E-state index is 0.0513. The lowest BCUT2D eigenvalue weighted by molar-refractivity contribution is -0.162. The first kappa shape index (κ1) is 45.6. The van der Waals surface area contributed by atoms with E-state index in [2.05, 4.69) is 0 Å². The van der Waals surface area contributed by atoms with Crippen LogP contribution in [0.1, 0.15) is 119 Å². The van der Waals surface area contributed by atoms with E-state index in [0.717, 1.165) is 0 Å². The Morgan fingerprint density at radius 3 is 1.31 bits per heavy atom. The second-order valence-electron chi connectivity index (χ2n) is 21.2. The summed E-state index contributed by atoms with van der Waals surface area (Å²) in [5.41, 5.74) is -11.1. The van der Waals surface area contributed by atoms with E-state index in [9.17, 15) is 29.4 Å². The van der Waals surface area contributed by atoms with Crippen molar-refractivity contribution in [2.24, 2.45) is 68.0 Å². The molecule has 0 saturated heterocycles. The minimum atomic E-state index is -1.94. The van der Waals surface area contributed by atoms with Gasteiger partial charge >= 0.3 is 11.9 Å². The van der Waals surface area contributed by atoms with Crippen LogP contribution in [0.4, 0.5) is 17.6 Å². The summed E-state index contributed by atoms with van der Waals surface area (Å²) in [5, 5.41) is 19.2. The quantitative estimate of drug-likeness (QED) is 0.179. The number of carboxylic acid groups (broad SMARTS) is 2. The number of carbonyl (C=O) groups excluding carboxylic acids is 4. The number of ketones is 2. The van der Waals surface area contributed by atoms with Gasteiger partial charge in [-0.05, 0) is 170 Å². The van der Waals surface area contributed by atoms with E-state index in [0.29, 0.717) is 34.4 Å². The molecule has 0 spiro atoms. The number of carbonyl (C=O) groups is 6. The van der Waals surface area contributed by atoms with Gasteiger partial charge in [-0.15, -0.1) is 0 Å². The summed E-state index contributed by atoms with van der Waals surface area (Å²) < 4.78 is 68.2. The summed E-state index contributed by atoms with van der Waals surface area (Å²) in [6.45, 7) is 10.7. The second kappa shape index (κ2) is 14.8. The van der Waals surface area contributed by atoms with Crippen LogP contribution in [0.2, 0.25) is 0 Å². The zero-order chi connectivity index (χ0) is 45.4. The summed E-state index contributed by atoms with van der Waals surface area (Å²) in [6.07, 6.45) is 4.37. The summed E-state index contributed by atoms with van der Waals surface area (Å²) in [6, 6.07) is 0. The van der Waals surface area contributed by atoms with E-state index in [1.54, 1.807) is 13.8 Å². The number of alkyl halides is 4. The van der Waals surface area contributed by atoms with Crippen LogP contribution < -0.4 is 0 Å². The Kier molecular flexibility index (Phi) is 10.8. The lowest BCUT2D eigenvalue weighted by atomic mass is 9.44. The number of fused-ring (bicyclic) bond motifs is 10. The van der Waals surface area contributed by atoms with Crippen LogP contribution in [0.15, 0.2) is 47.6 Å². The maximum Gasteiger partial charge on any atom is 0.303 e. The van der Waals surface area contributed by atoms with Gasteiger partial charge in [0.15, 0.2) is 11.6 Å². The Labute approximate surface area is 368 Å². The number of aliphatic carboxylic acids is 2. The monoisotopic (exact) mass is 902 g/mol. The number of halogens is 4. The van der Waals surface area contributed by atoms with Crippen LogP contribution >= 0.6 is 21.6 Å². The fraction of sp³-hybridized carbons (Fsp3) is 0.708. The standard InChI is InChI=1S/C48H58F4O8S2/c1-25-19-29-31-23-35(49)33-21-27(53)7-11-43(33,5)47(31,51)17-15-41(29,3)45(25,13-9-37(55)56)39(59)61-62-40(60)46(14-10-38(57)58)26(2)20-30-32-24-36(50)34-22-28(54)8-12-44(34,6)48(32,52)18-16-42(30,46)4/h7-8,11-12,21-22,25-26,29-32,35-36H,9-10,13-20,23-24H2,1-6H3,(H,55,56)(H,57,58)/t25-,26+,29?,30?,31?,32?,35+,36-,41-,42-,43-,44-,45+,46-,47-,48+/m0/s1. The third kappa shape index (κ3) is 5.77. The fourth-order valence-electron chi connectivity index (χ4n) is 16.0. The molecule has 8 aliphatic carbocycles. The Hall–Kier alpha value is -3.00. The minimum Gasteiger partial charge on any atom is -0.481 e. The molecular formula is C48H58F4O8S2. The molecule has 0 amide bonds. The SMILES string of the molecule is C[C@@H]1CC2C3C[C@H](F)C4=CC(=O)C=C[C@]4(C)[C@@]3(F)CC[C@]2(C)[C@]1(CCC(=O)O)C(=O)SSC(=O)[C@@]1(CCC(=O)O)[C@@H](C)CC2C3C[C@@H](F)C4=CC(=O)C=C[C@]4(C)[C@]3(F)CC[C@@]21C. The maximum absolute atomic E-state index is 17.9. The molecule has 8 nitrogen and oxygen atoms in total. The van der Waals surface area contributed by atoms with E-state index in [-0.39, 0.29) is 75.4 Å². The molecule has 2 N–H and O–H groups in total. The third-order valence-corrected chi connectivity index (χ3v) is 21.7. The van der Waals surface area contributed by atoms with Crippen molar-refractivity contribution in [2.75, 3.05) is 0 Å². The molecule has 0 aromatic carbocycles. The molecule has 6 saturated carbocycles. The van der Waals surface area contributed by atoms with Gasteiger partial charge in [0, 0.05) is 46.3 Å². The topological polar surface area (TPSA) is 143 Å². The summed E-state index contributed by atoms with van der Waals surface area (Å²) in [7, 11) is 1.43. The molecule has 0 heterocycles. The van der Waals surface area contributed by atoms with Crippen molar-refractivity contribution in [3.05, 3.63) is 47.6 Å². The molecule has 8 rings (SSSR count). The summed E-state index contributed by atoms with van der Waals surface area (Å²) in [4.78, 5) is 79.6. The Bertz CT molecular complexity index is 2010. The van der Waals surface area contributed by atoms with Crippen molar-refractivity contribution in [3.8, 4) is 0 Å². The highest BCUT2D eigenvalue weighted by Crippen LogP contribution is 2.77.